The van der Waals surface area contributed by atoms with E-state index in [0.29, 0.717) is 12.8 Å². The molecule has 1 N–H and O–H groups in total. The summed E-state index contributed by atoms with van der Waals surface area (Å²) in [6, 6.07) is 5.79. The molecular weight excluding hydrogens is 280 g/mol. The number of allylic oxidation sites excluding steroid dienone is 1. The molecule has 0 fully saturated rings. The van der Waals surface area contributed by atoms with Crippen LogP contribution >= 0.6 is 15.9 Å². The van der Waals surface area contributed by atoms with E-state index in [9.17, 15) is 5.11 Å². The Morgan fingerprint density at radius 2 is 2.24 bits per heavy atom. The molecule has 0 bridgehead atoms. The second kappa shape index (κ2) is 6.22. The van der Waals surface area contributed by atoms with Gasteiger partial charge in [-0.05, 0) is 43.5 Å². The Labute approximate surface area is 111 Å². The van der Waals surface area contributed by atoms with Crippen molar-refractivity contribution in [2.24, 2.45) is 0 Å². The lowest BCUT2D eigenvalue weighted by atomic mass is 9.92. The summed E-state index contributed by atoms with van der Waals surface area (Å²) in [4.78, 5) is 0. The molecule has 1 unspecified atom stereocenters. The Bertz CT molecular complexity index is 386. The summed E-state index contributed by atoms with van der Waals surface area (Å²) < 4.78 is 6.18. The molecule has 0 radical (unpaired) electrons. The first kappa shape index (κ1) is 14.3. The standard InChI is InChI=1S/C14H19BrO2/c1-4-5-8-14(2,16)10-11-9-12(17-3)6-7-13(11)15/h4,6-7,9,16H,1,5,8,10H2,2-3H3. The van der Waals surface area contributed by atoms with Crippen LogP contribution in [0, 0.1) is 0 Å². The van der Waals surface area contributed by atoms with Gasteiger partial charge in [0.1, 0.15) is 5.75 Å². The normalized spacial score (nSPS) is 14.1. The second-order valence-electron chi connectivity index (χ2n) is 4.46. The SMILES string of the molecule is C=CCCC(C)(O)Cc1cc(OC)ccc1Br. The predicted octanol–water partition coefficient (Wildman–Crippen LogP) is 3.72. The molecule has 1 rings (SSSR count). The van der Waals surface area contributed by atoms with E-state index >= 15 is 0 Å². The van der Waals surface area contributed by atoms with Crippen molar-refractivity contribution in [1.29, 1.82) is 0 Å². The molecule has 17 heavy (non-hydrogen) atoms. The molecule has 0 heterocycles. The van der Waals surface area contributed by atoms with Crippen molar-refractivity contribution in [2.75, 3.05) is 7.11 Å². The van der Waals surface area contributed by atoms with Gasteiger partial charge in [0.25, 0.3) is 0 Å². The van der Waals surface area contributed by atoms with Crippen molar-refractivity contribution < 1.29 is 9.84 Å². The zero-order valence-corrected chi connectivity index (χ0v) is 12.0. The molecule has 1 aromatic carbocycles. The maximum atomic E-state index is 10.3. The third-order valence-corrected chi connectivity index (χ3v) is 3.48. The Hall–Kier alpha value is -0.800. The predicted molar refractivity (Wildman–Crippen MR) is 74.5 cm³/mol. The number of hydrogen-bond acceptors (Lipinski definition) is 2. The number of halogens is 1. The van der Waals surface area contributed by atoms with Crippen LogP contribution in [0.4, 0.5) is 0 Å². The van der Waals surface area contributed by atoms with E-state index in [1.807, 2.05) is 31.2 Å². The Balaban J connectivity index is 2.82. The van der Waals surface area contributed by atoms with E-state index < -0.39 is 5.60 Å². The van der Waals surface area contributed by atoms with Gasteiger partial charge < -0.3 is 9.84 Å². The molecule has 2 nitrogen and oxygen atoms in total. The van der Waals surface area contributed by atoms with Gasteiger partial charge >= 0.3 is 0 Å². The molecule has 1 atom stereocenters. The van der Waals surface area contributed by atoms with Gasteiger partial charge in [-0.3, -0.25) is 0 Å². The third kappa shape index (κ3) is 4.52. The van der Waals surface area contributed by atoms with Crippen molar-refractivity contribution in [3.63, 3.8) is 0 Å². The van der Waals surface area contributed by atoms with Crippen molar-refractivity contribution in [3.05, 3.63) is 40.9 Å². The summed E-state index contributed by atoms with van der Waals surface area (Å²) in [6.45, 7) is 5.52. The van der Waals surface area contributed by atoms with Crippen LogP contribution in [0.5, 0.6) is 5.75 Å². The zero-order chi connectivity index (χ0) is 12.9. The average Bonchev–Trinajstić information content (AvgIpc) is 2.29. The number of methoxy groups -OCH3 is 1. The fraction of sp³-hybridized carbons (Fsp3) is 0.429. The van der Waals surface area contributed by atoms with Crippen LogP contribution in [0.1, 0.15) is 25.3 Å². The Kier molecular flexibility index (Phi) is 5.22. The van der Waals surface area contributed by atoms with Gasteiger partial charge in [0.15, 0.2) is 0 Å². The molecular formula is C14H19BrO2. The summed E-state index contributed by atoms with van der Waals surface area (Å²) in [5, 5.41) is 10.3. The highest BCUT2D eigenvalue weighted by Gasteiger charge is 2.21. The fourth-order valence-corrected chi connectivity index (χ4v) is 2.11. The topological polar surface area (TPSA) is 29.5 Å². The highest BCUT2D eigenvalue weighted by atomic mass is 79.9. The first-order chi connectivity index (χ1) is 7.98. The van der Waals surface area contributed by atoms with Gasteiger partial charge in [0, 0.05) is 10.9 Å². The monoisotopic (exact) mass is 298 g/mol. The van der Waals surface area contributed by atoms with Crippen LogP contribution in [-0.2, 0) is 6.42 Å². The molecule has 1 aromatic rings. The number of aliphatic hydroxyl groups is 1. The van der Waals surface area contributed by atoms with Crippen LogP contribution in [0.15, 0.2) is 35.3 Å². The summed E-state index contributed by atoms with van der Waals surface area (Å²) in [6.07, 6.45) is 3.95. The van der Waals surface area contributed by atoms with Crippen LogP contribution in [-0.4, -0.2) is 17.8 Å². The molecule has 0 aliphatic rings. The lowest BCUT2D eigenvalue weighted by molar-refractivity contribution is 0.0521. The molecule has 0 aromatic heterocycles. The van der Waals surface area contributed by atoms with E-state index in [0.717, 1.165) is 22.2 Å². The smallest absolute Gasteiger partial charge is 0.119 e. The second-order valence-corrected chi connectivity index (χ2v) is 5.31. The maximum Gasteiger partial charge on any atom is 0.119 e. The quantitative estimate of drug-likeness (QED) is 0.811. The zero-order valence-electron chi connectivity index (χ0n) is 10.4. The molecule has 0 aliphatic carbocycles. The first-order valence-corrected chi connectivity index (χ1v) is 6.43. The molecule has 3 heteroatoms. The summed E-state index contributed by atoms with van der Waals surface area (Å²) in [5.74, 6) is 0.808. The Morgan fingerprint density at radius 1 is 1.53 bits per heavy atom. The number of benzene rings is 1. The van der Waals surface area contributed by atoms with Crippen molar-refractivity contribution in [3.8, 4) is 5.75 Å². The number of hydrogen-bond donors (Lipinski definition) is 1. The minimum absolute atomic E-state index is 0.596. The summed E-state index contributed by atoms with van der Waals surface area (Å²) in [5.41, 5.74) is 0.335. The molecule has 0 saturated heterocycles. The van der Waals surface area contributed by atoms with E-state index in [1.165, 1.54) is 0 Å². The third-order valence-electron chi connectivity index (χ3n) is 2.71. The molecule has 0 aliphatic heterocycles. The lowest BCUT2D eigenvalue weighted by Gasteiger charge is -2.23. The van der Waals surface area contributed by atoms with E-state index in [2.05, 4.69) is 22.5 Å². The lowest BCUT2D eigenvalue weighted by Crippen LogP contribution is -2.27. The minimum atomic E-state index is -0.719. The van der Waals surface area contributed by atoms with Crippen LogP contribution in [0.3, 0.4) is 0 Å². The maximum absolute atomic E-state index is 10.3. The highest BCUT2D eigenvalue weighted by molar-refractivity contribution is 9.10. The van der Waals surface area contributed by atoms with Gasteiger partial charge in [-0.15, -0.1) is 6.58 Å². The summed E-state index contributed by atoms with van der Waals surface area (Å²) in [7, 11) is 1.64. The average molecular weight is 299 g/mol. The minimum Gasteiger partial charge on any atom is -0.497 e. The van der Waals surface area contributed by atoms with Gasteiger partial charge in [-0.25, -0.2) is 0 Å². The van der Waals surface area contributed by atoms with E-state index in [1.54, 1.807) is 7.11 Å². The molecule has 0 saturated carbocycles. The van der Waals surface area contributed by atoms with Crippen molar-refractivity contribution >= 4 is 15.9 Å². The molecule has 0 spiro atoms. The van der Waals surface area contributed by atoms with Crippen molar-refractivity contribution in [1.82, 2.24) is 0 Å². The van der Waals surface area contributed by atoms with Gasteiger partial charge in [0.05, 0.1) is 12.7 Å². The summed E-state index contributed by atoms with van der Waals surface area (Å²) >= 11 is 3.49. The van der Waals surface area contributed by atoms with Crippen LogP contribution in [0.25, 0.3) is 0 Å². The van der Waals surface area contributed by atoms with Crippen LogP contribution in [0.2, 0.25) is 0 Å². The van der Waals surface area contributed by atoms with Crippen molar-refractivity contribution in [2.45, 2.75) is 31.8 Å². The van der Waals surface area contributed by atoms with Crippen LogP contribution < -0.4 is 4.74 Å². The van der Waals surface area contributed by atoms with Gasteiger partial charge in [0.2, 0.25) is 0 Å². The largest absolute Gasteiger partial charge is 0.497 e. The van der Waals surface area contributed by atoms with Gasteiger partial charge in [-0.2, -0.15) is 0 Å². The number of rotatable bonds is 6. The molecule has 94 valence electrons. The highest BCUT2D eigenvalue weighted by Crippen LogP contribution is 2.27. The molecule has 0 amide bonds. The fourth-order valence-electron chi connectivity index (χ4n) is 1.73. The van der Waals surface area contributed by atoms with Gasteiger partial charge in [-0.1, -0.05) is 22.0 Å². The van der Waals surface area contributed by atoms with E-state index in [-0.39, 0.29) is 0 Å². The number of ether oxygens (including phenoxy) is 1. The first-order valence-electron chi connectivity index (χ1n) is 5.64. The van der Waals surface area contributed by atoms with E-state index in [4.69, 9.17) is 4.74 Å². The Morgan fingerprint density at radius 3 is 2.82 bits per heavy atom.